The largest absolute Gasteiger partial charge is 0.497 e. The lowest BCUT2D eigenvalue weighted by molar-refractivity contribution is 0.415. The molecule has 2 aromatic carbocycles. The lowest BCUT2D eigenvalue weighted by Crippen LogP contribution is -1.96. The van der Waals surface area contributed by atoms with Gasteiger partial charge in [-0.2, -0.15) is 0 Å². The third-order valence-electron chi connectivity index (χ3n) is 2.95. The molecule has 0 aliphatic carbocycles. The fourth-order valence-corrected chi connectivity index (χ4v) is 2.06. The summed E-state index contributed by atoms with van der Waals surface area (Å²) >= 11 is 5.88. The van der Waals surface area contributed by atoms with E-state index >= 15 is 0 Å². The molecule has 0 spiro atoms. The van der Waals surface area contributed by atoms with Crippen molar-refractivity contribution >= 4 is 34.0 Å². The number of anilines is 2. The number of methoxy groups -OCH3 is 1. The zero-order valence-corrected chi connectivity index (χ0v) is 11.6. The molecule has 3 rings (SSSR count). The first-order valence-electron chi connectivity index (χ1n) is 6.07. The second-order valence-corrected chi connectivity index (χ2v) is 4.67. The van der Waals surface area contributed by atoms with Crippen LogP contribution in [0.25, 0.3) is 10.9 Å². The van der Waals surface area contributed by atoms with Gasteiger partial charge in [-0.15, -0.1) is 0 Å². The summed E-state index contributed by atoms with van der Waals surface area (Å²) in [5, 5.41) is 4.90. The fourth-order valence-electron chi connectivity index (χ4n) is 1.93. The van der Waals surface area contributed by atoms with Crippen LogP contribution < -0.4 is 10.1 Å². The molecule has 5 heteroatoms. The Morgan fingerprint density at radius 3 is 2.60 bits per heavy atom. The molecule has 3 aromatic rings. The van der Waals surface area contributed by atoms with Crippen molar-refractivity contribution in [2.75, 3.05) is 12.4 Å². The number of nitrogens with zero attached hydrogens (tertiary/aromatic N) is 2. The Hall–Kier alpha value is -2.33. The third-order valence-corrected chi connectivity index (χ3v) is 3.20. The smallest absolute Gasteiger partial charge is 0.141 e. The number of halogens is 1. The van der Waals surface area contributed by atoms with Crippen LogP contribution >= 0.6 is 11.6 Å². The summed E-state index contributed by atoms with van der Waals surface area (Å²) in [7, 11) is 1.63. The highest BCUT2D eigenvalue weighted by Crippen LogP contribution is 2.26. The molecule has 0 saturated heterocycles. The summed E-state index contributed by atoms with van der Waals surface area (Å²) in [4.78, 5) is 8.54. The minimum atomic E-state index is 0.702. The minimum absolute atomic E-state index is 0.702. The predicted octanol–water partition coefficient (Wildman–Crippen LogP) is 4.04. The summed E-state index contributed by atoms with van der Waals surface area (Å²) in [5.74, 6) is 1.52. The summed E-state index contributed by atoms with van der Waals surface area (Å²) in [6, 6.07) is 13.2. The normalized spacial score (nSPS) is 10.5. The van der Waals surface area contributed by atoms with E-state index in [9.17, 15) is 0 Å². The second kappa shape index (κ2) is 5.35. The van der Waals surface area contributed by atoms with Crippen LogP contribution in [0, 0.1) is 0 Å². The van der Waals surface area contributed by atoms with Gasteiger partial charge in [0.15, 0.2) is 0 Å². The van der Waals surface area contributed by atoms with Crippen molar-refractivity contribution in [2.45, 2.75) is 0 Å². The molecule has 20 heavy (non-hydrogen) atoms. The van der Waals surface area contributed by atoms with Gasteiger partial charge in [0.05, 0.1) is 12.6 Å². The zero-order chi connectivity index (χ0) is 13.9. The van der Waals surface area contributed by atoms with Gasteiger partial charge in [-0.05, 0) is 36.4 Å². The lowest BCUT2D eigenvalue weighted by Gasteiger charge is -2.09. The van der Waals surface area contributed by atoms with E-state index in [1.54, 1.807) is 7.11 Å². The number of hydrogen-bond acceptors (Lipinski definition) is 4. The van der Waals surface area contributed by atoms with Crippen molar-refractivity contribution in [3.63, 3.8) is 0 Å². The molecule has 0 bridgehead atoms. The predicted molar refractivity (Wildman–Crippen MR) is 80.8 cm³/mol. The van der Waals surface area contributed by atoms with Crippen LogP contribution in [0.5, 0.6) is 5.75 Å². The van der Waals surface area contributed by atoms with Gasteiger partial charge in [0.2, 0.25) is 0 Å². The van der Waals surface area contributed by atoms with Crippen molar-refractivity contribution in [2.24, 2.45) is 0 Å². The molecule has 0 aliphatic heterocycles. The van der Waals surface area contributed by atoms with Crippen molar-refractivity contribution in [3.8, 4) is 5.75 Å². The number of ether oxygens (including phenoxy) is 1. The van der Waals surface area contributed by atoms with Crippen LogP contribution in [-0.4, -0.2) is 17.1 Å². The molecule has 0 atom stereocenters. The van der Waals surface area contributed by atoms with E-state index in [1.807, 2.05) is 42.5 Å². The number of aromatic nitrogens is 2. The van der Waals surface area contributed by atoms with Gasteiger partial charge in [-0.25, -0.2) is 9.97 Å². The van der Waals surface area contributed by atoms with E-state index in [0.29, 0.717) is 5.02 Å². The van der Waals surface area contributed by atoms with Crippen molar-refractivity contribution in [1.82, 2.24) is 9.97 Å². The SMILES string of the molecule is COc1ccc2c(Nc3ccc(Cl)cc3)ncnc2c1. The fraction of sp³-hybridized carbons (Fsp3) is 0.0667. The standard InChI is InChI=1S/C15H12ClN3O/c1-20-12-6-7-13-14(8-12)17-9-18-15(13)19-11-4-2-10(16)3-5-11/h2-9H,1H3,(H,17,18,19). The number of nitrogens with one attached hydrogen (secondary N) is 1. The Balaban J connectivity index is 2.01. The first kappa shape index (κ1) is 12.7. The first-order valence-corrected chi connectivity index (χ1v) is 6.45. The Kier molecular flexibility index (Phi) is 3.39. The van der Waals surface area contributed by atoms with Gasteiger partial charge in [0, 0.05) is 22.2 Å². The number of hydrogen-bond donors (Lipinski definition) is 1. The molecule has 1 aromatic heterocycles. The average molecular weight is 286 g/mol. The van der Waals surface area contributed by atoms with E-state index in [-0.39, 0.29) is 0 Å². The maximum absolute atomic E-state index is 5.88. The van der Waals surface area contributed by atoms with Gasteiger partial charge < -0.3 is 10.1 Å². The number of benzene rings is 2. The maximum atomic E-state index is 5.88. The molecule has 0 saturated carbocycles. The Morgan fingerprint density at radius 1 is 1.05 bits per heavy atom. The van der Waals surface area contributed by atoms with Crippen molar-refractivity contribution < 1.29 is 4.74 Å². The topological polar surface area (TPSA) is 47.0 Å². The van der Waals surface area contributed by atoms with Crippen LogP contribution in [0.1, 0.15) is 0 Å². The van der Waals surface area contributed by atoms with Crippen LogP contribution in [0.2, 0.25) is 5.02 Å². The zero-order valence-electron chi connectivity index (χ0n) is 10.8. The molecule has 0 radical (unpaired) electrons. The monoisotopic (exact) mass is 285 g/mol. The number of rotatable bonds is 3. The maximum Gasteiger partial charge on any atom is 0.141 e. The van der Waals surface area contributed by atoms with Crippen LogP contribution in [0.3, 0.4) is 0 Å². The highest BCUT2D eigenvalue weighted by molar-refractivity contribution is 6.30. The van der Waals surface area contributed by atoms with Gasteiger partial charge in [0.25, 0.3) is 0 Å². The second-order valence-electron chi connectivity index (χ2n) is 4.24. The van der Waals surface area contributed by atoms with Crippen LogP contribution in [0.15, 0.2) is 48.8 Å². The van der Waals surface area contributed by atoms with Gasteiger partial charge in [-0.1, -0.05) is 11.6 Å². The third kappa shape index (κ3) is 2.51. The Labute approximate surface area is 121 Å². The minimum Gasteiger partial charge on any atom is -0.497 e. The van der Waals surface area contributed by atoms with Gasteiger partial charge in [0.1, 0.15) is 17.9 Å². The van der Waals surface area contributed by atoms with E-state index in [1.165, 1.54) is 6.33 Å². The molecule has 0 fully saturated rings. The molecule has 1 heterocycles. The average Bonchev–Trinajstić information content (AvgIpc) is 2.49. The summed E-state index contributed by atoms with van der Waals surface area (Å²) < 4.78 is 5.20. The highest BCUT2D eigenvalue weighted by atomic mass is 35.5. The van der Waals surface area contributed by atoms with Crippen molar-refractivity contribution in [3.05, 3.63) is 53.8 Å². The molecule has 0 unspecified atom stereocenters. The summed E-state index contributed by atoms with van der Waals surface area (Å²) in [6.45, 7) is 0. The van der Waals surface area contributed by atoms with Crippen LogP contribution in [-0.2, 0) is 0 Å². The molecule has 0 aliphatic rings. The summed E-state index contributed by atoms with van der Waals surface area (Å²) in [5.41, 5.74) is 1.75. The van der Waals surface area contributed by atoms with Gasteiger partial charge in [-0.3, -0.25) is 0 Å². The highest BCUT2D eigenvalue weighted by Gasteiger charge is 2.05. The summed E-state index contributed by atoms with van der Waals surface area (Å²) in [6.07, 6.45) is 1.53. The molecular formula is C15H12ClN3O. The Bertz CT molecular complexity index is 744. The van der Waals surface area contributed by atoms with E-state index in [0.717, 1.165) is 28.2 Å². The van der Waals surface area contributed by atoms with E-state index < -0.39 is 0 Å². The Morgan fingerprint density at radius 2 is 1.85 bits per heavy atom. The molecular weight excluding hydrogens is 274 g/mol. The first-order chi connectivity index (χ1) is 9.76. The van der Waals surface area contributed by atoms with E-state index in [4.69, 9.17) is 16.3 Å². The number of fused-ring (bicyclic) bond motifs is 1. The quantitative estimate of drug-likeness (QED) is 0.789. The molecule has 1 N–H and O–H groups in total. The molecule has 4 nitrogen and oxygen atoms in total. The molecule has 0 amide bonds. The molecule has 100 valence electrons. The van der Waals surface area contributed by atoms with Crippen LogP contribution in [0.4, 0.5) is 11.5 Å². The van der Waals surface area contributed by atoms with Gasteiger partial charge >= 0.3 is 0 Å². The van der Waals surface area contributed by atoms with Crippen molar-refractivity contribution in [1.29, 1.82) is 0 Å². The lowest BCUT2D eigenvalue weighted by atomic mass is 10.2. The van der Waals surface area contributed by atoms with E-state index in [2.05, 4.69) is 15.3 Å².